The van der Waals surface area contributed by atoms with Crippen LogP contribution in [-0.2, 0) is 22.1 Å². The van der Waals surface area contributed by atoms with E-state index in [1.54, 1.807) is 0 Å². The first kappa shape index (κ1) is 26.1. The standard InChI is InChI=1S/C27H23F3N6O3S/c1-38-14-26(11-12-26)34-23-20(32-24(40-23)27(28,29)30)22-35-36-25(39-22)33-21-18(37)13-16-9-5-6-10-17(16)19(31-21)15-7-3-2-4-8-15/h2-10,21,34H,11-14H2,1H3,(H,33,36)/t21-/m1/s1. The number of rotatable bonds is 8. The van der Waals surface area contributed by atoms with Crippen molar-refractivity contribution in [1.29, 1.82) is 0 Å². The van der Waals surface area contributed by atoms with Crippen molar-refractivity contribution in [2.24, 2.45) is 4.99 Å². The summed E-state index contributed by atoms with van der Waals surface area (Å²) in [6, 6.07) is 16.8. The van der Waals surface area contributed by atoms with Crippen molar-refractivity contribution >= 4 is 33.8 Å². The number of aromatic nitrogens is 3. The minimum atomic E-state index is -4.65. The smallest absolute Gasteiger partial charge is 0.402 e. The van der Waals surface area contributed by atoms with Gasteiger partial charge in [-0.2, -0.15) is 13.2 Å². The van der Waals surface area contributed by atoms with Crippen LogP contribution in [0.1, 0.15) is 34.5 Å². The molecule has 3 heterocycles. The number of carbonyl (C=O) groups excluding carboxylic acids is 1. The van der Waals surface area contributed by atoms with Gasteiger partial charge in [0.15, 0.2) is 17.6 Å². The first-order chi connectivity index (χ1) is 19.2. The Bertz CT molecular complexity index is 1580. The van der Waals surface area contributed by atoms with Gasteiger partial charge in [-0.25, -0.2) is 4.98 Å². The maximum Gasteiger partial charge on any atom is 0.443 e. The number of halogens is 3. The highest BCUT2D eigenvalue weighted by molar-refractivity contribution is 7.16. The van der Waals surface area contributed by atoms with Crippen LogP contribution in [0.15, 0.2) is 64.0 Å². The van der Waals surface area contributed by atoms with E-state index in [2.05, 4.69) is 25.8 Å². The summed E-state index contributed by atoms with van der Waals surface area (Å²) in [5, 5.41) is 13.0. The number of alkyl halides is 3. The highest BCUT2D eigenvalue weighted by Gasteiger charge is 2.45. The Labute approximate surface area is 230 Å². The Morgan fingerprint density at radius 3 is 2.58 bits per heavy atom. The number of carbonyl (C=O) groups is 1. The van der Waals surface area contributed by atoms with Crippen molar-refractivity contribution in [2.45, 2.75) is 37.1 Å². The van der Waals surface area contributed by atoms with Crippen LogP contribution in [0.2, 0.25) is 0 Å². The van der Waals surface area contributed by atoms with Gasteiger partial charge in [-0.05, 0) is 18.4 Å². The van der Waals surface area contributed by atoms with Gasteiger partial charge in [0.05, 0.1) is 17.9 Å². The van der Waals surface area contributed by atoms with Gasteiger partial charge in [0.1, 0.15) is 5.00 Å². The molecule has 0 saturated heterocycles. The number of Topliss-reactive ketones (excluding diaryl/α,β-unsaturated/α-hetero) is 1. The Morgan fingerprint density at radius 1 is 1.10 bits per heavy atom. The maximum atomic E-state index is 13.5. The fraction of sp³-hybridized carbons (Fsp3) is 0.296. The molecule has 2 aliphatic rings. The molecule has 1 aliphatic carbocycles. The Hall–Kier alpha value is -4.10. The van der Waals surface area contributed by atoms with Gasteiger partial charge in [-0.15, -0.1) is 5.10 Å². The lowest BCUT2D eigenvalue weighted by Gasteiger charge is -2.16. The maximum absolute atomic E-state index is 13.5. The molecule has 40 heavy (non-hydrogen) atoms. The van der Waals surface area contributed by atoms with E-state index in [1.807, 2.05) is 54.6 Å². The zero-order valence-electron chi connectivity index (χ0n) is 21.2. The lowest BCUT2D eigenvalue weighted by molar-refractivity contribution is -0.137. The number of nitrogens with one attached hydrogen (secondary N) is 2. The summed E-state index contributed by atoms with van der Waals surface area (Å²) >= 11 is 0.466. The summed E-state index contributed by atoms with van der Waals surface area (Å²) in [6.07, 6.45) is -4.12. The van der Waals surface area contributed by atoms with Crippen molar-refractivity contribution < 1.29 is 27.1 Å². The third-order valence-corrected chi connectivity index (χ3v) is 7.67. The molecule has 0 unspecified atom stereocenters. The van der Waals surface area contributed by atoms with Crippen LogP contribution in [-0.4, -0.2) is 52.1 Å². The number of ketones is 1. The number of ether oxygens (including phenoxy) is 1. The van der Waals surface area contributed by atoms with Crippen molar-refractivity contribution in [3.05, 3.63) is 76.3 Å². The number of benzene rings is 2. The minimum Gasteiger partial charge on any atom is -0.402 e. The van der Waals surface area contributed by atoms with Crippen molar-refractivity contribution in [2.75, 3.05) is 24.4 Å². The SMILES string of the molecule is COCC1(Nc2sc(C(F)(F)F)nc2-c2nnc(N[C@H]3N=C(c4ccccc4)c4ccccc4CC3=O)o2)CC1. The summed E-state index contributed by atoms with van der Waals surface area (Å²) in [4.78, 5) is 21.7. The second-order valence-electron chi connectivity index (χ2n) is 9.64. The molecular weight excluding hydrogens is 545 g/mol. The number of thiazole rings is 1. The van der Waals surface area contributed by atoms with Gasteiger partial charge in [-0.3, -0.25) is 9.79 Å². The van der Waals surface area contributed by atoms with Crippen LogP contribution in [0.25, 0.3) is 11.6 Å². The summed E-state index contributed by atoms with van der Waals surface area (Å²) in [7, 11) is 1.53. The molecule has 2 N–H and O–H groups in total. The fourth-order valence-electron chi connectivity index (χ4n) is 4.54. The predicted octanol–water partition coefficient (Wildman–Crippen LogP) is 5.20. The quantitative estimate of drug-likeness (QED) is 0.298. The molecule has 1 aliphatic heterocycles. The number of anilines is 2. The second-order valence-corrected chi connectivity index (χ2v) is 10.6. The molecule has 1 atom stereocenters. The van der Waals surface area contributed by atoms with E-state index in [9.17, 15) is 18.0 Å². The van der Waals surface area contributed by atoms with Crippen LogP contribution in [0.4, 0.5) is 24.2 Å². The highest BCUT2D eigenvalue weighted by atomic mass is 32.1. The molecule has 0 spiro atoms. The largest absolute Gasteiger partial charge is 0.443 e. The molecule has 206 valence electrons. The van der Waals surface area contributed by atoms with Crippen LogP contribution in [0.5, 0.6) is 0 Å². The molecule has 0 bridgehead atoms. The molecule has 2 aromatic carbocycles. The molecular formula is C27H23F3N6O3S. The molecule has 9 nitrogen and oxygen atoms in total. The average molecular weight is 569 g/mol. The Balaban J connectivity index is 1.32. The lowest BCUT2D eigenvalue weighted by atomic mass is 9.96. The van der Waals surface area contributed by atoms with Crippen molar-refractivity contribution in [3.8, 4) is 11.6 Å². The van der Waals surface area contributed by atoms with Gasteiger partial charge in [0.25, 0.3) is 5.89 Å². The van der Waals surface area contributed by atoms with Gasteiger partial charge in [0.2, 0.25) is 5.01 Å². The molecule has 4 aromatic rings. The minimum absolute atomic E-state index is 0.116. The second kappa shape index (κ2) is 10.1. The number of hydrogen-bond acceptors (Lipinski definition) is 10. The molecule has 0 radical (unpaired) electrons. The van der Waals surface area contributed by atoms with Crippen LogP contribution < -0.4 is 10.6 Å². The van der Waals surface area contributed by atoms with E-state index in [4.69, 9.17) is 14.1 Å². The first-order valence-electron chi connectivity index (χ1n) is 12.4. The summed E-state index contributed by atoms with van der Waals surface area (Å²) < 4.78 is 51.5. The van der Waals surface area contributed by atoms with Crippen LogP contribution in [0.3, 0.4) is 0 Å². The number of nitrogens with zero attached hydrogens (tertiary/aromatic N) is 4. The van der Waals surface area contributed by atoms with Gasteiger partial charge in [0, 0.05) is 24.7 Å². The number of methoxy groups -OCH3 is 1. The highest BCUT2D eigenvalue weighted by Crippen LogP contribution is 2.46. The molecule has 0 amide bonds. The zero-order valence-corrected chi connectivity index (χ0v) is 22.0. The third kappa shape index (κ3) is 5.21. The number of fused-ring (bicyclic) bond motifs is 1. The average Bonchev–Trinajstić information content (AvgIpc) is 3.35. The summed E-state index contributed by atoms with van der Waals surface area (Å²) in [6.45, 7) is 0.330. The topological polar surface area (TPSA) is 115 Å². The van der Waals surface area contributed by atoms with E-state index < -0.39 is 22.9 Å². The normalized spacial score (nSPS) is 18.1. The van der Waals surface area contributed by atoms with E-state index in [-0.39, 0.29) is 34.8 Å². The molecule has 2 aromatic heterocycles. The van der Waals surface area contributed by atoms with Crippen molar-refractivity contribution in [3.63, 3.8) is 0 Å². The van der Waals surface area contributed by atoms with Gasteiger partial charge >= 0.3 is 12.2 Å². The number of hydrogen-bond donors (Lipinski definition) is 2. The third-order valence-electron chi connectivity index (χ3n) is 6.66. The molecule has 6 rings (SSSR count). The van der Waals surface area contributed by atoms with E-state index in [0.29, 0.717) is 23.7 Å². The number of aliphatic imine (C=N–C) groups is 1. The molecule has 1 saturated carbocycles. The summed E-state index contributed by atoms with van der Waals surface area (Å²) in [5.74, 6) is -0.453. The molecule has 13 heteroatoms. The van der Waals surface area contributed by atoms with E-state index in [0.717, 1.165) is 29.5 Å². The molecule has 1 fully saturated rings. The van der Waals surface area contributed by atoms with E-state index >= 15 is 0 Å². The van der Waals surface area contributed by atoms with E-state index in [1.165, 1.54) is 7.11 Å². The Morgan fingerprint density at radius 2 is 1.85 bits per heavy atom. The predicted molar refractivity (Wildman–Crippen MR) is 143 cm³/mol. The van der Waals surface area contributed by atoms with Crippen LogP contribution >= 0.6 is 11.3 Å². The summed E-state index contributed by atoms with van der Waals surface area (Å²) in [5.41, 5.74) is 2.52. The lowest BCUT2D eigenvalue weighted by Crippen LogP contribution is -2.29. The van der Waals surface area contributed by atoms with Gasteiger partial charge in [-0.1, -0.05) is 71.0 Å². The van der Waals surface area contributed by atoms with Crippen LogP contribution in [0, 0.1) is 0 Å². The van der Waals surface area contributed by atoms with Crippen molar-refractivity contribution in [1.82, 2.24) is 15.2 Å². The zero-order chi connectivity index (χ0) is 27.9. The Kier molecular flexibility index (Phi) is 6.62. The monoisotopic (exact) mass is 568 g/mol. The fourth-order valence-corrected chi connectivity index (χ4v) is 5.48. The van der Waals surface area contributed by atoms with Gasteiger partial charge < -0.3 is 19.8 Å². The first-order valence-corrected chi connectivity index (χ1v) is 13.3.